The number of aromatic nitrogens is 1. The molecule has 0 fully saturated rings. The van der Waals surface area contributed by atoms with Crippen molar-refractivity contribution in [2.45, 2.75) is 39.4 Å². The van der Waals surface area contributed by atoms with E-state index < -0.39 is 12.6 Å². The summed E-state index contributed by atoms with van der Waals surface area (Å²) in [6, 6.07) is 0.173. The maximum absolute atomic E-state index is 12.2. The molecule has 19 heavy (non-hydrogen) atoms. The van der Waals surface area contributed by atoms with Crippen LogP contribution in [0, 0.1) is 6.92 Å². The number of halogens is 3. The van der Waals surface area contributed by atoms with Gasteiger partial charge >= 0.3 is 6.18 Å². The van der Waals surface area contributed by atoms with Crippen molar-refractivity contribution in [2.75, 3.05) is 25.0 Å². The normalized spacial score (nSPS) is 13.6. The molecule has 0 aliphatic rings. The van der Waals surface area contributed by atoms with Crippen molar-refractivity contribution in [3.63, 3.8) is 0 Å². The maximum Gasteiger partial charge on any atom is 0.390 e. The highest BCUT2D eigenvalue weighted by Gasteiger charge is 2.28. The summed E-state index contributed by atoms with van der Waals surface area (Å²) in [4.78, 5) is 6.99. The first-order valence-corrected chi connectivity index (χ1v) is 7.04. The lowest BCUT2D eigenvalue weighted by atomic mass is 10.2. The Morgan fingerprint density at radius 2 is 2.05 bits per heavy atom. The highest BCUT2D eigenvalue weighted by Crippen LogP contribution is 2.31. The quantitative estimate of drug-likeness (QED) is 0.870. The molecule has 0 bridgehead atoms. The van der Waals surface area contributed by atoms with Crippen molar-refractivity contribution in [2.24, 2.45) is 0 Å². The fourth-order valence-corrected chi connectivity index (χ4v) is 2.83. The van der Waals surface area contributed by atoms with E-state index >= 15 is 0 Å². The third-order valence-electron chi connectivity index (χ3n) is 2.78. The van der Waals surface area contributed by atoms with E-state index in [-0.39, 0.29) is 12.6 Å². The first kappa shape index (κ1) is 16.2. The lowest BCUT2D eigenvalue weighted by Gasteiger charge is -2.16. The number of alkyl halides is 3. The van der Waals surface area contributed by atoms with Gasteiger partial charge in [0, 0.05) is 24.5 Å². The molecular weight excluding hydrogens is 275 g/mol. The molecule has 0 saturated carbocycles. The van der Waals surface area contributed by atoms with Gasteiger partial charge in [-0.05, 0) is 20.4 Å². The van der Waals surface area contributed by atoms with Gasteiger partial charge in [0.2, 0.25) is 0 Å². The van der Waals surface area contributed by atoms with Crippen molar-refractivity contribution in [1.82, 2.24) is 10.3 Å². The fraction of sp³-hybridized carbons (Fsp3) is 0.750. The lowest BCUT2D eigenvalue weighted by molar-refractivity contribution is -0.132. The largest absolute Gasteiger partial charge is 0.390 e. The third-order valence-corrected chi connectivity index (χ3v) is 4.24. The van der Waals surface area contributed by atoms with Crippen LogP contribution in [0.4, 0.5) is 18.3 Å². The van der Waals surface area contributed by atoms with Gasteiger partial charge in [-0.25, -0.2) is 4.98 Å². The SMILES string of the molecule is CCNC(C)c1sc(N(C)CCC(F)(F)F)nc1C. The lowest BCUT2D eigenvalue weighted by Crippen LogP contribution is -2.23. The molecule has 1 atom stereocenters. The Labute approximate surface area is 115 Å². The van der Waals surface area contributed by atoms with E-state index in [4.69, 9.17) is 0 Å². The molecule has 3 nitrogen and oxygen atoms in total. The van der Waals surface area contributed by atoms with E-state index in [2.05, 4.69) is 10.3 Å². The average Bonchev–Trinajstić information content (AvgIpc) is 2.67. The molecule has 1 N–H and O–H groups in total. The van der Waals surface area contributed by atoms with E-state index in [1.165, 1.54) is 11.3 Å². The molecule has 0 aliphatic carbocycles. The zero-order valence-electron chi connectivity index (χ0n) is 11.6. The molecule has 1 aromatic rings. The van der Waals surface area contributed by atoms with Crippen LogP contribution < -0.4 is 10.2 Å². The van der Waals surface area contributed by atoms with Crippen molar-refractivity contribution in [3.8, 4) is 0 Å². The summed E-state index contributed by atoms with van der Waals surface area (Å²) in [5, 5.41) is 3.92. The Bertz CT molecular complexity index is 403. The summed E-state index contributed by atoms with van der Waals surface area (Å²) < 4.78 is 36.6. The Balaban J connectivity index is 2.71. The van der Waals surface area contributed by atoms with Gasteiger partial charge in [-0.2, -0.15) is 13.2 Å². The monoisotopic (exact) mass is 295 g/mol. The molecule has 1 heterocycles. The standard InChI is InChI=1S/C12H20F3N3S/c1-5-16-8(2)10-9(3)17-11(19-10)18(4)7-6-12(13,14)15/h8,16H,5-7H2,1-4H3. The average molecular weight is 295 g/mol. The molecule has 110 valence electrons. The second kappa shape index (κ2) is 6.56. The van der Waals surface area contributed by atoms with Crippen LogP contribution in [0.1, 0.15) is 36.9 Å². The number of hydrogen-bond acceptors (Lipinski definition) is 4. The zero-order chi connectivity index (χ0) is 14.6. The summed E-state index contributed by atoms with van der Waals surface area (Å²) in [6.07, 6.45) is -4.94. The molecule has 0 aliphatic heterocycles. The number of thiazole rings is 1. The molecule has 1 aromatic heterocycles. The smallest absolute Gasteiger partial charge is 0.351 e. The number of rotatable bonds is 6. The molecule has 0 amide bonds. The molecule has 1 unspecified atom stereocenters. The second-order valence-electron chi connectivity index (χ2n) is 4.51. The first-order valence-electron chi connectivity index (χ1n) is 6.23. The van der Waals surface area contributed by atoms with Crippen LogP contribution in [0.15, 0.2) is 0 Å². The summed E-state index contributed by atoms with van der Waals surface area (Å²) in [5.41, 5.74) is 0.882. The number of anilines is 1. The summed E-state index contributed by atoms with van der Waals surface area (Å²) in [6.45, 7) is 6.72. The number of nitrogens with one attached hydrogen (secondary N) is 1. The van der Waals surface area contributed by atoms with Gasteiger partial charge in [-0.3, -0.25) is 0 Å². The minimum atomic E-state index is -4.12. The number of aryl methyl sites for hydroxylation is 1. The van der Waals surface area contributed by atoms with Crippen molar-refractivity contribution >= 4 is 16.5 Å². The molecule has 0 aromatic carbocycles. The Hall–Kier alpha value is -0.820. The summed E-state index contributed by atoms with van der Waals surface area (Å²) >= 11 is 1.45. The molecule has 0 spiro atoms. The van der Waals surface area contributed by atoms with Gasteiger partial charge in [-0.15, -0.1) is 11.3 Å². The van der Waals surface area contributed by atoms with Gasteiger partial charge < -0.3 is 10.2 Å². The van der Waals surface area contributed by atoms with Gasteiger partial charge in [-0.1, -0.05) is 6.92 Å². The van der Waals surface area contributed by atoms with E-state index in [1.807, 2.05) is 20.8 Å². The topological polar surface area (TPSA) is 28.2 Å². The second-order valence-corrected chi connectivity index (χ2v) is 5.52. The molecular formula is C12H20F3N3S. The molecule has 0 saturated heterocycles. The van der Waals surface area contributed by atoms with E-state index in [0.717, 1.165) is 17.1 Å². The predicted molar refractivity (Wildman–Crippen MR) is 72.9 cm³/mol. The fourth-order valence-electron chi connectivity index (χ4n) is 1.75. The predicted octanol–water partition coefficient (Wildman–Crippen LogP) is 3.51. The van der Waals surface area contributed by atoms with Crippen LogP contribution in [0.25, 0.3) is 0 Å². The minimum Gasteiger partial charge on any atom is -0.351 e. The van der Waals surface area contributed by atoms with Gasteiger partial charge in [0.15, 0.2) is 5.13 Å². The minimum absolute atomic E-state index is 0.0640. The number of hydrogen-bond donors (Lipinski definition) is 1. The van der Waals surface area contributed by atoms with Gasteiger partial charge in [0.05, 0.1) is 12.1 Å². The number of nitrogens with zero attached hydrogens (tertiary/aromatic N) is 2. The Kier molecular flexibility index (Phi) is 5.61. The van der Waals surface area contributed by atoms with E-state index in [0.29, 0.717) is 5.13 Å². The highest BCUT2D eigenvalue weighted by atomic mass is 32.1. The van der Waals surface area contributed by atoms with Crippen LogP contribution >= 0.6 is 11.3 Å². The molecule has 1 rings (SSSR count). The van der Waals surface area contributed by atoms with Crippen molar-refractivity contribution in [3.05, 3.63) is 10.6 Å². The molecule has 0 radical (unpaired) electrons. The van der Waals surface area contributed by atoms with Crippen molar-refractivity contribution in [1.29, 1.82) is 0 Å². The zero-order valence-corrected chi connectivity index (χ0v) is 12.5. The maximum atomic E-state index is 12.2. The Morgan fingerprint density at radius 1 is 1.42 bits per heavy atom. The van der Waals surface area contributed by atoms with Gasteiger partial charge in [0.25, 0.3) is 0 Å². The summed E-state index contributed by atoms with van der Waals surface area (Å²) in [5.74, 6) is 0. The van der Waals surface area contributed by atoms with Crippen LogP contribution in [0.3, 0.4) is 0 Å². The Morgan fingerprint density at radius 3 is 2.58 bits per heavy atom. The third kappa shape index (κ3) is 4.99. The van der Waals surface area contributed by atoms with Crippen LogP contribution in [0.5, 0.6) is 0 Å². The van der Waals surface area contributed by atoms with Gasteiger partial charge in [0.1, 0.15) is 0 Å². The first-order chi connectivity index (χ1) is 8.74. The van der Waals surface area contributed by atoms with E-state index in [1.54, 1.807) is 11.9 Å². The van der Waals surface area contributed by atoms with Crippen LogP contribution in [0.2, 0.25) is 0 Å². The highest BCUT2D eigenvalue weighted by molar-refractivity contribution is 7.15. The van der Waals surface area contributed by atoms with Crippen molar-refractivity contribution < 1.29 is 13.2 Å². The van der Waals surface area contributed by atoms with Crippen LogP contribution in [-0.2, 0) is 0 Å². The van der Waals surface area contributed by atoms with E-state index in [9.17, 15) is 13.2 Å². The molecule has 7 heteroatoms. The summed E-state index contributed by atoms with van der Waals surface area (Å²) in [7, 11) is 1.64. The van der Waals surface area contributed by atoms with Crippen LogP contribution in [-0.4, -0.2) is 31.3 Å².